The Balaban J connectivity index is 1.78. The second-order valence-electron chi connectivity index (χ2n) is 6.50. The Morgan fingerprint density at radius 3 is 2.77 bits per heavy atom. The normalized spacial score (nSPS) is 13.3. The first-order valence-electron chi connectivity index (χ1n) is 8.43. The molecule has 1 aliphatic rings. The van der Waals surface area contributed by atoms with Gasteiger partial charge < -0.3 is 10.0 Å². The van der Waals surface area contributed by atoms with Crippen molar-refractivity contribution < 1.29 is 5.11 Å². The molecule has 1 aromatic carbocycles. The van der Waals surface area contributed by atoms with E-state index in [-0.39, 0.29) is 5.75 Å². The summed E-state index contributed by atoms with van der Waals surface area (Å²) in [4.78, 5) is 2.12. The van der Waals surface area contributed by atoms with Gasteiger partial charge in [0.1, 0.15) is 5.75 Å². The highest BCUT2D eigenvalue weighted by atomic mass is 16.3. The summed E-state index contributed by atoms with van der Waals surface area (Å²) in [5, 5.41) is 32.4. The largest absolute Gasteiger partial charge is 0.507 e. The summed E-state index contributed by atoms with van der Waals surface area (Å²) in [5.41, 5.74) is 4.56. The van der Waals surface area contributed by atoms with Gasteiger partial charge in [0, 0.05) is 25.4 Å². The molecular weight excluding hydrogens is 328 g/mol. The van der Waals surface area contributed by atoms with Crippen LogP contribution in [-0.2, 0) is 13.5 Å². The Kier molecular flexibility index (Phi) is 3.81. The maximum atomic E-state index is 10.4. The first-order chi connectivity index (χ1) is 12.6. The highest BCUT2D eigenvalue weighted by Crippen LogP contribution is 2.36. The van der Waals surface area contributed by atoms with E-state index in [9.17, 15) is 5.11 Å². The number of aromatic nitrogens is 4. The fourth-order valence-electron chi connectivity index (χ4n) is 3.46. The van der Waals surface area contributed by atoms with Crippen molar-refractivity contribution in [3.05, 3.63) is 47.3 Å². The number of phenols is 1. The Labute approximate surface area is 151 Å². The van der Waals surface area contributed by atoms with Gasteiger partial charge in [-0.3, -0.25) is 4.68 Å². The molecule has 2 aromatic heterocycles. The fraction of sp³-hybridized carbons (Fsp3) is 0.263. The number of benzene rings is 1. The third-order valence-corrected chi connectivity index (χ3v) is 4.64. The maximum Gasteiger partial charge on any atom is 0.159 e. The van der Waals surface area contributed by atoms with Crippen LogP contribution in [0.1, 0.15) is 23.1 Å². The van der Waals surface area contributed by atoms with Crippen LogP contribution in [0.15, 0.2) is 30.6 Å². The average Bonchev–Trinajstić information content (AvgIpc) is 3.06. The van der Waals surface area contributed by atoms with Crippen molar-refractivity contribution in [1.29, 1.82) is 5.26 Å². The Bertz CT molecular complexity index is 1010. The third-order valence-electron chi connectivity index (χ3n) is 4.64. The van der Waals surface area contributed by atoms with Gasteiger partial charge in [0.15, 0.2) is 5.82 Å². The summed E-state index contributed by atoms with van der Waals surface area (Å²) < 4.78 is 1.77. The number of nitrogens with zero attached hydrogens (tertiary/aromatic N) is 6. The molecule has 4 rings (SSSR count). The molecule has 3 aromatic rings. The zero-order valence-electron chi connectivity index (χ0n) is 14.6. The number of fused-ring (bicyclic) bond motifs is 1. The molecule has 0 saturated carbocycles. The average molecular weight is 346 g/mol. The minimum Gasteiger partial charge on any atom is -0.507 e. The minimum atomic E-state index is 0.0516. The molecule has 7 nitrogen and oxygen atoms in total. The van der Waals surface area contributed by atoms with Crippen LogP contribution in [0, 0.1) is 18.3 Å². The zero-order valence-corrected chi connectivity index (χ0v) is 14.6. The number of hydrogen-bond acceptors (Lipinski definition) is 6. The lowest BCUT2D eigenvalue weighted by atomic mass is 9.98. The molecule has 0 unspecified atom stereocenters. The molecule has 26 heavy (non-hydrogen) atoms. The highest BCUT2D eigenvalue weighted by molar-refractivity contribution is 5.74. The van der Waals surface area contributed by atoms with E-state index in [0.717, 1.165) is 42.0 Å². The zero-order chi connectivity index (χ0) is 18.3. The van der Waals surface area contributed by atoms with Crippen LogP contribution in [0.4, 0.5) is 11.5 Å². The summed E-state index contributed by atoms with van der Waals surface area (Å²) in [5.74, 6) is 0.884. The number of hydrogen-bond donors (Lipinski definition) is 1. The summed E-state index contributed by atoms with van der Waals surface area (Å²) in [6.45, 7) is 2.73. The molecule has 7 heteroatoms. The Morgan fingerprint density at radius 1 is 1.23 bits per heavy atom. The first kappa shape index (κ1) is 16.1. The number of aryl methyl sites for hydroxylation is 3. The molecule has 0 spiro atoms. The van der Waals surface area contributed by atoms with Crippen LogP contribution in [-0.4, -0.2) is 31.6 Å². The number of anilines is 2. The fourth-order valence-corrected chi connectivity index (χ4v) is 3.46. The second kappa shape index (κ2) is 6.15. The van der Waals surface area contributed by atoms with E-state index in [1.165, 1.54) is 6.07 Å². The van der Waals surface area contributed by atoms with Crippen molar-refractivity contribution in [2.45, 2.75) is 19.8 Å². The van der Waals surface area contributed by atoms with Gasteiger partial charge in [-0.1, -0.05) is 0 Å². The van der Waals surface area contributed by atoms with Gasteiger partial charge in [0.25, 0.3) is 0 Å². The van der Waals surface area contributed by atoms with Crippen molar-refractivity contribution in [3.63, 3.8) is 0 Å². The van der Waals surface area contributed by atoms with Crippen molar-refractivity contribution in [1.82, 2.24) is 20.0 Å². The number of aromatic hydroxyl groups is 1. The molecule has 0 amide bonds. The molecular formula is C19H18N6O. The van der Waals surface area contributed by atoms with Crippen molar-refractivity contribution in [2.75, 3.05) is 11.4 Å². The van der Waals surface area contributed by atoms with Crippen molar-refractivity contribution in [2.24, 2.45) is 7.05 Å². The van der Waals surface area contributed by atoms with E-state index in [0.29, 0.717) is 16.8 Å². The molecule has 130 valence electrons. The number of phenolic OH excluding ortho intramolecular Hbond substituents is 1. The molecule has 0 saturated heterocycles. The Hall–Kier alpha value is -3.40. The lowest BCUT2D eigenvalue weighted by Gasteiger charge is -2.28. The molecule has 0 aliphatic carbocycles. The monoisotopic (exact) mass is 346 g/mol. The minimum absolute atomic E-state index is 0.0516. The summed E-state index contributed by atoms with van der Waals surface area (Å²) in [6, 6.07) is 7.25. The molecule has 1 aliphatic heterocycles. The lowest BCUT2D eigenvalue weighted by molar-refractivity contribution is 0.476. The lowest BCUT2D eigenvalue weighted by Crippen LogP contribution is -2.26. The van der Waals surface area contributed by atoms with Gasteiger partial charge >= 0.3 is 0 Å². The van der Waals surface area contributed by atoms with Gasteiger partial charge in [-0.15, -0.1) is 10.2 Å². The van der Waals surface area contributed by atoms with Crippen molar-refractivity contribution >= 4 is 11.5 Å². The Morgan fingerprint density at radius 2 is 2.08 bits per heavy atom. The first-order valence-corrected chi connectivity index (χ1v) is 8.43. The van der Waals surface area contributed by atoms with E-state index >= 15 is 0 Å². The number of nitriles is 1. The van der Waals surface area contributed by atoms with Crippen molar-refractivity contribution in [3.8, 4) is 23.1 Å². The predicted molar refractivity (Wildman–Crippen MR) is 97.1 cm³/mol. The molecule has 0 radical (unpaired) electrons. The van der Waals surface area contributed by atoms with Crippen LogP contribution in [0.5, 0.6) is 5.75 Å². The molecule has 0 bridgehead atoms. The van der Waals surface area contributed by atoms with Gasteiger partial charge in [-0.25, -0.2) is 0 Å². The summed E-state index contributed by atoms with van der Waals surface area (Å²) in [7, 11) is 1.89. The quantitative estimate of drug-likeness (QED) is 0.767. The van der Waals surface area contributed by atoms with Crippen LogP contribution in [0.25, 0.3) is 11.3 Å². The van der Waals surface area contributed by atoms with Gasteiger partial charge in [0.05, 0.1) is 29.2 Å². The van der Waals surface area contributed by atoms with Gasteiger partial charge in [-0.2, -0.15) is 10.4 Å². The second-order valence-corrected chi connectivity index (χ2v) is 6.50. The van der Waals surface area contributed by atoms with Crippen LogP contribution in [0.3, 0.4) is 0 Å². The van der Waals surface area contributed by atoms with Gasteiger partial charge in [-0.05, 0) is 49.1 Å². The van der Waals surface area contributed by atoms with E-state index in [2.05, 4.69) is 26.3 Å². The molecule has 1 N–H and O–H groups in total. The molecule has 0 atom stereocenters. The highest BCUT2D eigenvalue weighted by Gasteiger charge is 2.23. The summed E-state index contributed by atoms with van der Waals surface area (Å²) in [6.07, 6.45) is 5.69. The number of rotatable bonds is 2. The smallest absolute Gasteiger partial charge is 0.159 e. The standard InChI is InChI=1S/C19H18N6O/c1-12-6-13(9-20)7-17(26)18(12)16-8-14-4-3-5-25(19(14)23-22-16)15-10-21-24(2)11-15/h6-8,10-11,26H,3-5H2,1-2H3. The van der Waals surface area contributed by atoms with E-state index in [1.807, 2.05) is 32.4 Å². The third kappa shape index (κ3) is 2.65. The van der Waals surface area contributed by atoms with Crippen LogP contribution >= 0.6 is 0 Å². The molecule has 3 heterocycles. The topological polar surface area (TPSA) is 90.9 Å². The van der Waals surface area contributed by atoms with E-state index in [4.69, 9.17) is 5.26 Å². The van der Waals surface area contributed by atoms with Gasteiger partial charge in [0.2, 0.25) is 0 Å². The molecule has 0 fully saturated rings. The summed E-state index contributed by atoms with van der Waals surface area (Å²) >= 11 is 0. The SMILES string of the molecule is Cc1cc(C#N)cc(O)c1-c1cc2c(nn1)N(c1cnn(C)c1)CCC2. The van der Waals surface area contributed by atoms with E-state index < -0.39 is 0 Å². The van der Waals surface area contributed by atoms with E-state index in [1.54, 1.807) is 10.7 Å². The maximum absolute atomic E-state index is 10.4. The van der Waals surface area contributed by atoms with Crippen LogP contribution in [0.2, 0.25) is 0 Å². The van der Waals surface area contributed by atoms with Crippen LogP contribution < -0.4 is 4.90 Å². The predicted octanol–water partition coefficient (Wildman–Crippen LogP) is 2.85.